The third kappa shape index (κ3) is 4.04. The Balaban J connectivity index is 1.63. The molecule has 0 spiro atoms. The van der Waals surface area contributed by atoms with Gasteiger partial charge in [-0.05, 0) is 18.6 Å². The largest absolute Gasteiger partial charge is 0.378 e. The van der Waals surface area contributed by atoms with Gasteiger partial charge in [-0.3, -0.25) is 4.79 Å². The average Bonchev–Trinajstić information content (AvgIpc) is 2.62. The number of benzene rings is 1. The molecule has 0 bridgehead atoms. The second kappa shape index (κ2) is 7.19. The molecule has 3 rings (SSSR count). The SMILES string of the molecule is Cc1ccc(CNC(=O)c2ccnc(N3CCOCC3)n2)cc1. The quantitative estimate of drug-likeness (QED) is 0.928. The molecular formula is C17H20N4O2. The van der Waals surface area contributed by atoms with E-state index in [1.165, 1.54) is 5.56 Å². The standard InChI is InChI=1S/C17H20N4O2/c1-13-2-4-14(5-3-13)12-19-16(22)15-6-7-18-17(20-15)21-8-10-23-11-9-21/h2-7H,8-12H2,1H3,(H,19,22). The number of aryl methyl sites for hydroxylation is 1. The van der Waals surface area contributed by atoms with E-state index in [1.807, 2.05) is 36.1 Å². The number of rotatable bonds is 4. The summed E-state index contributed by atoms with van der Waals surface area (Å²) in [5.74, 6) is 0.388. The van der Waals surface area contributed by atoms with Crippen molar-refractivity contribution in [2.45, 2.75) is 13.5 Å². The Morgan fingerprint density at radius 3 is 2.70 bits per heavy atom. The summed E-state index contributed by atoms with van der Waals surface area (Å²) in [4.78, 5) is 22.9. The molecule has 1 saturated heterocycles. The summed E-state index contributed by atoms with van der Waals surface area (Å²) < 4.78 is 5.32. The number of morpholine rings is 1. The molecule has 23 heavy (non-hydrogen) atoms. The van der Waals surface area contributed by atoms with E-state index in [4.69, 9.17) is 4.74 Å². The Morgan fingerprint density at radius 2 is 1.96 bits per heavy atom. The van der Waals surface area contributed by atoms with E-state index in [2.05, 4.69) is 15.3 Å². The second-order valence-corrected chi connectivity index (χ2v) is 5.51. The first kappa shape index (κ1) is 15.4. The molecule has 120 valence electrons. The number of anilines is 1. The van der Waals surface area contributed by atoms with Crippen LogP contribution in [0.3, 0.4) is 0 Å². The number of carbonyl (C=O) groups is 1. The Labute approximate surface area is 135 Å². The zero-order chi connectivity index (χ0) is 16.1. The molecule has 0 saturated carbocycles. The first-order chi connectivity index (χ1) is 11.2. The molecule has 1 N–H and O–H groups in total. The molecule has 1 aromatic heterocycles. The summed E-state index contributed by atoms with van der Waals surface area (Å²) in [6.45, 7) is 5.33. The van der Waals surface area contributed by atoms with Crippen LogP contribution in [0.2, 0.25) is 0 Å². The average molecular weight is 312 g/mol. The molecule has 1 aliphatic heterocycles. The lowest BCUT2D eigenvalue weighted by molar-refractivity contribution is 0.0945. The molecule has 1 aliphatic rings. The zero-order valence-electron chi connectivity index (χ0n) is 13.2. The summed E-state index contributed by atoms with van der Waals surface area (Å²) in [6, 6.07) is 9.71. The lowest BCUT2D eigenvalue weighted by Gasteiger charge is -2.26. The summed E-state index contributed by atoms with van der Waals surface area (Å²) in [5.41, 5.74) is 2.64. The zero-order valence-corrected chi connectivity index (χ0v) is 13.2. The molecule has 2 aromatic rings. The van der Waals surface area contributed by atoms with Crippen LogP contribution in [0.15, 0.2) is 36.5 Å². The van der Waals surface area contributed by atoms with Crippen molar-refractivity contribution >= 4 is 11.9 Å². The molecule has 0 radical (unpaired) electrons. The molecule has 0 aliphatic carbocycles. The third-order valence-corrected chi connectivity index (χ3v) is 3.74. The number of ether oxygens (including phenoxy) is 1. The molecule has 6 nitrogen and oxygen atoms in total. The smallest absolute Gasteiger partial charge is 0.270 e. The van der Waals surface area contributed by atoms with E-state index in [0.29, 0.717) is 31.4 Å². The molecule has 1 fully saturated rings. The maximum absolute atomic E-state index is 12.3. The predicted octanol–water partition coefficient (Wildman–Crippen LogP) is 1.55. The molecule has 2 heterocycles. The predicted molar refractivity (Wildman–Crippen MR) is 87.4 cm³/mol. The molecule has 1 amide bonds. The summed E-state index contributed by atoms with van der Waals surface area (Å²) >= 11 is 0. The number of aromatic nitrogens is 2. The van der Waals surface area contributed by atoms with Gasteiger partial charge in [-0.15, -0.1) is 0 Å². The van der Waals surface area contributed by atoms with E-state index in [1.54, 1.807) is 12.3 Å². The highest BCUT2D eigenvalue weighted by Crippen LogP contribution is 2.10. The van der Waals surface area contributed by atoms with E-state index in [9.17, 15) is 4.79 Å². The van der Waals surface area contributed by atoms with E-state index in [0.717, 1.165) is 18.7 Å². The van der Waals surface area contributed by atoms with E-state index < -0.39 is 0 Å². The van der Waals surface area contributed by atoms with Crippen molar-refractivity contribution in [3.05, 3.63) is 53.3 Å². The summed E-state index contributed by atoms with van der Waals surface area (Å²) in [5, 5.41) is 2.89. The lowest BCUT2D eigenvalue weighted by Crippen LogP contribution is -2.37. The minimum absolute atomic E-state index is 0.192. The lowest BCUT2D eigenvalue weighted by atomic mass is 10.1. The van der Waals surface area contributed by atoms with Gasteiger partial charge in [-0.2, -0.15) is 0 Å². The van der Waals surface area contributed by atoms with Gasteiger partial charge in [0.1, 0.15) is 5.69 Å². The fraction of sp³-hybridized carbons (Fsp3) is 0.353. The van der Waals surface area contributed by atoms with Gasteiger partial charge >= 0.3 is 0 Å². The van der Waals surface area contributed by atoms with Crippen molar-refractivity contribution in [3.63, 3.8) is 0 Å². The minimum atomic E-state index is -0.192. The second-order valence-electron chi connectivity index (χ2n) is 5.51. The Bertz CT molecular complexity index is 667. The number of carbonyl (C=O) groups excluding carboxylic acids is 1. The van der Waals surface area contributed by atoms with Crippen LogP contribution in [0.25, 0.3) is 0 Å². The van der Waals surface area contributed by atoms with E-state index in [-0.39, 0.29) is 5.91 Å². The number of hydrogen-bond donors (Lipinski definition) is 1. The van der Waals surface area contributed by atoms with Crippen LogP contribution in [-0.4, -0.2) is 42.2 Å². The van der Waals surface area contributed by atoms with Crippen LogP contribution >= 0.6 is 0 Å². The van der Waals surface area contributed by atoms with Gasteiger partial charge in [0.15, 0.2) is 0 Å². The minimum Gasteiger partial charge on any atom is -0.378 e. The van der Waals surface area contributed by atoms with Crippen LogP contribution in [0, 0.1) is 6.92 Å². The van der Waals surface area contributed by atoms with Crippen LogP contribution in [0.5, 0.6) is 0 Å². The van der Waals surface area contributed by atoms with Gasteiger partial charge in [0.2, 0.25) is 5.95 Å². The van der Waals surface area contributed by atoms with Crippen LogP contribution in [0.4, 0.5) is 5.95 Å². The first-order valence-corrected chi connectivity index (χ1v) is 7.72. The van der Waals surface area contributed by atoms with Gasteiger partial charge in [-0.1, -0.05) is 29.8 Å². The normalized spacial score (nSPS) is 14.6. The third-order valence-electron chi connectivity index (χ3n) is 3.74. The number of amides is 1. The van der Waals surface area contributed by atoms with Crippen molar-refractivity contribution in [2.75, 3.05) is 31.2 Å². The van der Waals surface area contributed by atoms with Gasteiger partial charge in [0.05, 0.1) is 13.2 Å². The summed E-state index contributed by atoms with van der Waals surface area (Å²) in [7, 11) is 0. The van der Waals surface area contributed by atoms with Crippen LogP contribution in [-0.2, 0) is 11.3 Å². The molecule has 0 atom stereocenters. The highest BCUT2D eigenvalue weighted by atomic mass is 16.5. The first-order valence-electron chi connectivity index (χ1n) is 7.72. The molecular weight excluding hydrogens is 292 g/mol. The molecule has 1 aromatic carbocycles. The number of hydrogen-bond acceptors (Lipinski definition) is 5. The van der Waals surface area contributed by atoms with Gasteiger partial charge in [-0.25, -0.2) is 9.97 Å². The van der Waals surface area contributed by atoms with Crippen molar-refractivity contribution in [3.8, 4) is 0 Å². The van der Waals surface area contributed by atoms with Crippen molar-refractivity contribution in [2.24, 2.45) is 0 Å². The Morgan fingerprint density at radius 1 is 1.22 bits per heavy atom. The molecule has 0 unspecified atom stereocenters. The van der Waals surface area contributed by atoms with E-state index >= 15 is 0 Å². The van der Waals surface area contributed by atoms with Gasteiger partial charge in [0.25, 0.3) is 5.91 Å². The summed E-state index contributed by atoms with van der Waals surface area (Å²) in [6.07, 6.45) is 1.62. The molecule has 6 heteroatoms. The van der Waals surface area contributed by atoms with Crippen molar-refractivity contribution in [1.82, 2.24) is 15.3 Å². The number of nitrogens with one attached hydrogen (secondary N) is 1. The van der Waals surface area contributed by atoms with Gasteiger partial charge in [0, 0.05) is 25.8 Å². The highest BCUT2D eigenvalue weighted by molar-refractivity contribution is 5.92. The maximum atomic E-state index is 12.3. The van der Waals surface area contributed by atoms with Crippen molar-refractivity contribution in [1.29, 1.82) is 0 Å². The number of nitrogens with zero attached hydrogens (tertiary/aromatic N) is 3. The van der Waals surface area contributed by atoms with Crippen LogP contribution < -0.4 is 10.2 Å². The maximum Gasteiger partial charge on any atom is 0.270 e. The fourth-order valence-electron chi connectivity index (χ4n) is 2.37. The monoisotopic (exact) mass is 312 g/mol. The van der Waals surface area contributed by atoms with Gasteiger partial charge < -0.3 is 15.0 Å². The Kier molecular flexibility index (Phi) is 4.83. The Hall–Kier alpha value is -2.47. The topological polar surface area (TPSA) is 67.4 Å². The van der Waals surface area contributed by atoms with Crippen LogP contribution in [0.1, 0.15) is 21.6 Å². The van der Waals surface area contributed by atoms with Crippen molar-refractivity contribution < 1.29 is 9.53 Å². The highest BCUT2D eigenvalue weighted by Gasteiger charge is 2.16. The fourth-order valence-corrected chi connectivity index (χ4v) is 2.37.